The van der Waals surface area contributed by atoms with Gasteiger partial charge in [0.1, 0.15) is 0 Å². The van der Waals surface area contributed by atoms with E-state index in [0.717, 1.165) is 15.3 Å². The fraction of sp³-hybridized carbons (Fsp3) is 0. The largest absolute Gasteiger partial charge is 0.271 e. The van der Waals surface area contributed by atoms with Gasteiger partial charge in [0.05, 0.1) is 11.1 Å². The summed E-state index contributed by atoms with van der Waals surface area (Å²) in [6, 6.07) is 19.0. The Labute approximate surface area is 147 Å². The average molecular weight is 351 g/mol. The van der Waals surface area contributed by atoms with Gasteiger partial charge in [-0.05, 0) is 42.0 Å². The van der Waals surface area contributed by atoms with Crippen LogP contribution in [0.15, 0.2) is 71.8 Å². The molecule has 0 aliphatic heterocycles. The van der Waals surface area contributed by atoms with Crippen LogP contribution in [0.5, 0.6) is 0 Å². The molecule has 1 heterocycles. The second-order valence-electron chi connectivity index (χ2n) is 5.07. The van der Waals surface area contributed by atoms with E-state index in [0.29, 0.717) is 5.56 Å². The maximum absolute atomic E-state index is 11.9. The molecular weight excluding hydrogens is 338 g/mol. The van der Waals surface area contributed by atoms with E-state index >= 15 is 0 Å². The van der Waals surface area contributed by atoms with Crippen LogP contribution in [0.4, 0.5) is 5.69 Å². The zero-order valence-electron chi connectivity index (χ0n) is 13.0. The standard InChI is InChI=1S/C18H13N3O3S/c22-18(14-4-2-1-3-5-14)20-19-12-16-10-11-17(25-16)13-6-8-15(9-7-13)21(23)24/h1-12H,(H,20,22)/b19-12-. The molecule has 2 aromatic carbocycles. The number of benzene rings is 2. The highest BCUT2D eigenvalue weighted by molar-refractivity contribution is 7.17. The molecular formula is C18H13N3O3S. The summed E-state index contributed by atoms with van der Waals surface area (Å²) in [4.78, 5) is 24.0. The fourth-order valence-corrected chi connectivity index (χ4v) is 3.02. The molecule has 0 aliphatic carbocycles. The molecule has 0 atom stereocenters. The molecule has 1 N–H and O–H groups in total. The maximum atomic E-state index is 11.9. The lowest BCUT2D eigenvalue weighted by Gasteiger charge is -1.98. The van der Waals surface area contributed by atoms with E-state index in [2.05, 4.69) is 10.5 Å². The lowest BCUT2D eigenvalue weighted by molar-refractivity contribution is -0.384. The molecule has 0 unspecified atom stereocenters. The van der Waals surface area contributed by atoms with Crippen molar-refractivity contribution in [3.8, 4) is 10.4 Å². The number of non-ortho nitro benzene ring substituents is 1. The Hall–Kier alpha value is -3.32. The van der Waals surface area contributed by atoms with Crippen LogP contribution in [0, 0.1) is 10.1 Å². The van der Waals surface area contributed by atoms with E-state index < -0.39 is 4.92 Å². The normalized spacial score (nSPS) is 10.7. The average Bonchev–Trinajstić information content (AvgIpc) is 3.11. The van der Waals surface area contributed by atoms with Gasteiger partial charge >= 0.3 is 0 Å². The molecule has 124 valence electrons. The number of thiophene rings is 1. The van der Waals surface area contributed by atoms with Gasteiger partial charge in [0.2, 0.25) is 0 Å². The smallest absolute Gasteiger partial charge is 0.267 e. The van der Waals surface area contributed by atoms with Crippen molar-refractivity contribution in [3.63, 3.8) is 0 Å². The van der Waals surface area contributed by atoms with E-state index in [4.69, 9.17) is 0 Å². The minimum Gasteiger partial charge on any atom is -0.267 e. The van der Waals surface area contributed by atoms with Gasteiger partial charge in [-0.2, -0.15) is 5.10 Å². The van der Waals surface area contributed by atoms with Crippen molar-refractivity contribution >= 4 is 29.1 Å². The summed E-state index contributed by atoms with van der Waals surface area (Å²) in [6.07, 6.45) is 1.57. The number of rotatable bonds is 5. The lowest BCUT2D eigenvalue weighted by atomic mass is 10.2. The molecule has 0 bridgehead atoms. The Balaban J connectivity index is 1.65. The summed E-state index contributed by atoms with van der Waals surface area (Å²) >= 11 is 1.48. The Morgan fingerprint density at radius 3 is 2.44 bits per heavy atom. The van der Waals surface area contributed by atoms with Crippen LogP contribution in [-0.4, -0.2) is 17.0 Å². The van der Waals surface area contributed by atoms with Crippen LogP contribution < -0.4 is 5.43 Å². The van der Waals surface area contributed by atoms with Gasteiger partial charge in [-0.25, -0.2) is 5.43 Å². The number of amides is 1. The van der Waals surface area contributed by atoms with Gasteiger partial charge in [-0.1, -0.05) is 18.2 Å². The fourth-order valence-electron chi connectivity index (χ4n) is 2.13. The first-order chi connectivity index (χ1) is 12.1. The summed E-state index contributed by atoms with van der Waals surface area (Å²) in [7, 11) is 0. The van der Waals surface area contributed by atoms with E-state index in [1.165, 1.54) is 23.5 Å². The second kappa shape index (κ2) is 7.50. The number of hydrogen-bond donors (Lipinski definition) is 1. The van der Waals surface area contributed by atoms with E-state index in [9.17, 15) is 14.9 Å². The summed E-state index contributed by atoms with van der Waals surface area (Å²) < 4.78 is 0. The number of carbonyl (C=O) groups is 1. The number of nitrogens with zero attached hydrogens (tertiary/aromatic N) is 2. The third kappa shape index (κ3) is 4.15. The van der Waals surface area contributed by atoms with Gasteiger partial charge in [0.25, 0.3) is 11.6 Å². The molecule has 7 heteroatoms. The zero-order valence-corrected chi connectivity index (χ0v) is 13.8. The van der Waals surface area contributed by atoms with Crippen LogP contribution in [0.2, 0.25) is 0 Å². The highest BCUT2D eigenvalue weighted by Crippen LogP contribution is 2.28. The highest BCUT2D eigenvalue weighted by Gasteiger charge is 2.07. The molecule has 1 amide bonds. The van der Waals surface area contributed by atoms with Crippen LogP contribution >= 0.6 is 11.3 Å². The molecule has 0 radical (unpaired) electrons. The summed E-state index contributed by atoms with van der Waals surface area (Å²) in [6.45, 7) is 0. The third-order valence-electron chi connectivity index (χ3n) is 3.38. The van der Waals surface area contributed by atoms with E-state index in [1.807, 2.05) is 18.2 Å². The number of nitro benzene ring substituents is 1. The monoisotopic (exact) mass is 351 g/mol. The number of nitro groups is 1. The minimum absolute atomic E-state index is 0.0608. The van der Waals surface area contributed by atoms with Crippen molar-refractivity contribution in [3.05, 3.63) is 87.3 Å². The molecule has 0 saturated carbocycles. The first-order valence-corrected chi connectivity index (χ1v) is 8.18. The Morgan fingerprint density at radius 1 is 1.04 bits per heavy atom. The number of hydrazone groups is 1. The molecule has 0 saturated heterocycles. The predicted molar refractivity (Wildman–Crippen MR) is 97.9 cm³/mol. The molecule has 6 nitrogen and oxygen atoms in total. The second-order valence-corrected chi connectivity index (χ2v) is 6.19. The quantitative estimate of drug-likeness (QED) is 0.427. The third-order valence-corrected chi connectivity index (χ3v) is 4.45. The lowest BCUT2D eigenvalue weighted by Crippen LogP contribution is -2.17. The topological polar surface area (TPSA) is 84.6 Å². The Kier molecular flexibility index (Phi) is 4.96. The van der Waals surface area contributed by atoms with Gasteiger partial charge in [-0.3, -0.25) is 14.9 Å². The molecule has 0 fully saturated rings. The molecule has 0 aliphatic rings. The van der Waals surface area contributed by atoms with Crippen molar-refractivity contribution in [2.24, 2.45) is 5.10 Å². The van der Waals surface area contributed by atoms with E-state index in [-0.39, 0.29) is 11.6 Å². The Bertz CT molecular complexity index is 918. The number of hydrogen-bond acceptors (Lipinski definition) is 5. The zero-order chi connectivity index (χ0) is 17.6. The van der Waals surface area contributed by atoms with Crippen molar-refractivity contribution < 1.29 is 9.72 Å². The highest BCUT2D eigenvalue weighted by atomic mass is 32.1. The number of nitrogens with one attached hydrogen (secondary N) is 1. The van der Waals surface area contributed by atoms with Crippen LogP contribution in [-0.2, 0) is 0 Å². The maximum Gasteiger partial charge on any atom is 0.271 e. The Morgan fingerprint density at radius 2 is 1.76 bits per heavy atom. The number of carbonyl (C=O) groups excluding carboxylic acids is 1. The predicted octanol–water partition coefficient (Wildman–Crippen LogP) is 4.09. The SMILES string of the molecule is O=C(N/N=C\c1ccc(-c2ccc([N+](=O)[O-])cc2)s1)c1ccccc1. The van der Waals surface area contributed by atoms with Crippen LogP contribution in [0.3, 0.4) is 0 Å². The first-order valence-electron chi connectivity index (χ1n) is 7.36. The van der Waals surface area contributed by atoms with E-state index in [1.54, 1.807) is 42.6 Å². The molecule has 3 aromatic rings. The summed E-state index contributed by atoms with van der Waals surface area (Å²) in [5.74, 6) is -0.274. The van der Waals surface area contributed by atoms with Crippen molar-refractivity contribution in [1.82, 2.24) is 5.43 Å². The first kappa shape index (κ1) is 16.5. The van der Waals surface area contributed by atoms with Gasteiger partial charge in [-0.15, -0.1) is 11.3 Å². The molecule has 0 spiro atoms. The molecule has 1 aromatic heterocycles. The van der Waals surface area contributed by atoms with Crippen molar-refractivity contribution in [2.45, 2.75) is 0 Å². The van der Waals surface area contributed by atoms with Gasteiger partial charge in [0.15, 0.2) is 0 Å². The minimum atomic E-state index is -0.425. The van der Waals surface area contributed by atoms with Crippen LogP contribution in [0.25, 0.3) is 10.4 Å². The van der Waals surface area contributed by atoms with Gasteiger partial charge in [0, 0.05) is 27.5 Å². The molecule has 25 heavy (non-hydrogen) atoms. The van der Waals surface area contributed by atoms with Crippen molar-refractivity contribution in [1.29, 1.82) is 0 Å². The summed E-state index contributed by atoms with van der Waals surface area (Å²) in [5, 5.41) is 14.6. The van der Waals surface area contributed by atoms with Crippen LogP contribution in [0.1, 0.15) is 15.2 Å². The summed E-state index contributed by atoms with van der Waals surface area (Å²) in [5.41, 5.74) is 3.97. The molecule has 3 rings (SSSR count). The van der Waals surface area contributed by atoms with Gasteiger partial charge < -0.3 is 0 Å². The van der Waals surface area contributed by atoms with Crippen molar-refractivity contribution in [2.75, 3.05) is 0 Å².